The molecule has 102 valence electrons. The molecule has 1 aromatic rings. The van der Waals surface area contributed by atoms with Crippen LogP contribution in [0.5, 0.6) is 0 Å². The third-order valence-electron chi connectivity index (χ3n) is 2.96. The number of rotatable bonds is 4. The summed E-state index contributed by atoms with van der Waals surface area (Å²) in [5.41, 5.74) is 1.67. The molecule has 0 unspecified atom stereocenters. The van der Waals surface area contributed by atoms with Crippen molar-refractivity contribution in [3.63, 3.8) is 0 Å². The predicted octanol–water partition coefficient (Wildman–Crippen LogP) is 1.32. The van der Waals surface area contributed by atoms with Gasteiger partial charge in [0.15, 0.2) is 0 Å². The molecule has 0 atom stereocenters. The number of hydrogen-bond acceptors (Lipinski definition) is 3. The number of carboxylic acids is 1. The Kier molecular flexibility index (Phi) is 4.01. The molecule has 0 amide bonds. The van der Waals surface area contributed by atoms with Crippen LogP contribution in [0.2, 0.25) is 0 Å². The highest BCUT2D eigenvalue weighted by Crippen LogP contribution is 2.17. The zero-order valence-electron chi connectivity index (χ0n) is 10.3. The van der Waals surface area contributed by atoms with Gasteiger partial charge in [-0.15, -0.1) is 0 Å². The van der Waals surface area contributed by atoms with Gasteiger partial charge in [-0.3, -0.25) is 0 Å². The van der Waals surface area contributed by atoms with Crippen LogP contribution in [0.15, 0.2) is 30.3 Å². The topological polar surface area (TPSA) is 74.7 Å². The van der Waals surface area contributed by atoms with Crippen LogP contribution in [0.25, 0.3) is 6.08 Å². The molecule has 1 heterocycles. The van der Waals surface area contributed by atoms with Crippen LogP contribution in [0.3, 0.4) is 0 Å². The Labute approximate surface area is 112 Å². The van der Waals surface area contributed by atoms with E-state index >= 15 is 0 Å². The average Bonchev–Trinajstić information content (AvgIpc) is 2.68. The van der Waals surface area contributed by atoms with Gasteiger partial charge >= 0.3 is 5.97 Å². The second-order valence-electron chi connectivity index (χ2n) is 4.42. The molecular formula is C13H15NO4S. The molecule has 1 aliphatic rings. The lowest BCUT2D eigenvalue weighted by atomic mass is 10.1. The minimum Gasteiger partial charge on any atom is -0.478 e. The lowest BCUT2D eigenvalue weighted by Gasteiger charge is -2.14. The van der Waals surface area contributed by atoms with Crippen molar-refractivity contribution < 1.29 is 18.3 Å². The van der Waals surface area contributed by atoms with Crippen LogP contribution < -0.4 is 0 Å². The molecule has 0 spiro atoms. The van der Waals surface area contributed by atoms with Crippen molar-refractivity contribution in [1.29, 1.82) is 0 Å². The van der Waals surface area contributed by atoms with E-state index < -0.39 is 16.0 Å². The van der Waals surface area contributed by atoms with E-state index in [1.165, 1.54) is 10.4 Å². The fraction of sp³-hybridized carbons (Fsp3) is 0.308. The predicted molar refractivity (Wildman–Crippen MR) is 71.9 cm³/mol. The number of sulfonamides is 1. The maximum Gasteiger partial charge on any atom is 0.328 e. The van der Waals surface area contributed by atoms with Gasteiger partial charge in [0, 0.05) is 19.2 Å². The molecule has 2 rings (SSSR count). The summed E-state index contributed by atoms with van der Waals surface area (Å²) in [7, 11) is -3.08. The van der Waals surface area contributed by atoms with Crippen molar-refractivity contribution in [2.45, 2.75) is 13.0 Å². The molecule has 0 aromatic heterocycles. The van der Waals surface area contributed by atoms with E-state index in [1.54, 1.807) is 12.1 Å². The Balaban J connectivity index is 2.05. The first-order chi connectivity index (χ1) is 8.97. The first kappa shape index (κ1) is 13.8. The zero-order chi connectivity index (χ0) is 13.9. The maximum atomic E-state index is 11.7. The van der Waals surface area contributed by atoms with Gasteiger partial charge in [-0.2, -0.15) is 4.31 Å². The molecular weight excluding hydrogens is 266 g/mol. The highest BCUT2D eigenvalue weighted by molar-refractivity contribution is 7.89. The standard InChI is InChI=1S/C13H15NO4S/c15-13(16)7-6-11-2-4-12(5-3-11)10-14-8-1-9-19(14,17)18/h2-7H,1,8-10H2,(H,15,16). The minimum atomic E-state index is -3.08. The van der Waals surface area contributed by atoms with Crippen molar-refractivity contribution in [2.24, 2.45) is 0 Å². The summed E-state index contributed by atoms with van der Waals surface area (Å²) < 4.78 is 24.8. The SMILES string of the molecule is O=C(O)C=Cc1ccc(CN2CCCS2(=O)=O)cc1. The lowest BCUT2D eigenvalue weighted by molar-refractivity contribution is -0.131. The molecule has 1 aliphatic heterocycles. The van der Waals surface area contributed by atoms with E-state index in [0.717, 1.165) is 17.2 Å². The summed E-state index contributed by atoms with van der Waals surface area (Å²) >= 11 is 0. The van der Waals surface area contributed by atoms with Crippen LogP contribution in [-0.4, -0.2) is 36.1 Å². The molecule has 0 radical (unpaired) electrons. The number of nitrogens with zero attached hydrogens (tertiary/aromatic N) is 1. The summed E-state index contributed by atoms with van der Waals surface area (Å²) in [6.07, 6.45) is 3.25. The van der Waals surface area contributed by atoms with E-state index in [0.29, 0.717) is 19.5 Å². The zero-order valence-corrected chi connectivity index (χ0v) is 11.1. The third-order valence-corrected chi connectivity index (χ3v) is 4.86. The molecule has 1 saturated heterocycles. The Morgan fingerprint density at radius 3 is 2.53 bits per heavy atom. The maximum absolute atomic E-state index is 11.7. The molecule has 1 aromatic carbocycles. The van der Waals surface area contributed by atoms with Gasteiger partial charge in [0.1, 0.15) is 0 Å². The Morgan fingerprint density at radius 2 is 2.00 bits per heavy atom. The summed E-state index contributed by atoms with van der Waals surface area (Å²) in [6, 6.07) is 7.18. The highest BCUT2D eigenvalue weighted by Gasteiger charge is 2.27. The second-order valence-corrected chi connectivity index (χ2v) is 6.50. The molecule has 1 fully saturated rings. The second kappa shape index (κ2) is 5.54. The average molecular weight is 281 g/mol. The number of aliphatic carboxylic acids is 1. The summed E-state index contributed by atoms with van der Waals surface area (Å²) in [5, 5.41) is 8.52. The van der Waals surface area contributed by atoms with E-state index in [4.69, 9.17) is 5.11 Å². The lowest BCUT2D eigenvalue weighted by Crippen LogP contribution is -2.25. The van der Waals surface area contributed by atoms with Crippen LogP contribution in [-0.2, 0) is 21.4 Å². The van der Waals surface area contributed by atoms with Crippen LogP contribution in [0.1, 0.15) is 17.5 Å². The molecule has 19 heavy (non-hydrogen) atoms. The van der Waals surface area contributed by atoms with Gasteiger partial charge in [-0.05, 0) is 23.6 Å². The largest absolute Gasteiger partial charge is 0.478 e. The first-order valence-electron chi connectivity index (χ1n) is 5.95. The fourth-order valence-electron chi connectivity index (χ4n) is 1.97. The smallest absolute Gasteiger partial charge is 0.328 e. The van der Waals surface area contributed by atoms with Gasteiger partial charge in [-0.1, -0.05) is 24.3 Å². The quantitative estimate of drug-likeness (QED) is 0.845. The van der Waals surface area contributed by atoms with Crippen molar-refractivity contribution in [2.75, 3.05) is 12.3 Å². The van der Waals surface area contributed by atoms with Gasteiger partial charge in [0.05, 0.1) is 5.75 Å². The molecule has 5 nitrogen and oxygen atoms in total. The minimum absolute atomic E-state index is 0.229. The number of carboxylic acid groups (broad SMARTS) is 1. The Morgan fingerprint density at radius 1 is 1.32 bits per heavy atom. The molecule has 0 saturated carbocycles. The summed E-state index contributed by atoms with van der Waals surface area (Å²) in [4.78, 5) is 10.4. The normalized spacial score (nSPS) is 18.9. The fourth-order valence-corrected chi connectivity index (χ4v) is 3.48. The Bertz CT molecular complexity index is 590. The van der Waals surface area contributed by atoms with E-state index in [1.807, 2.05) is 12.1 Å². The van der Waals surface area contributed by atoms with Crippen LogP contribution >= 0.6 is 0 Å². The van der Waals surface area contributed by atoms with Gasteiger partial charge in [-0.25, -0.2) is 13.2 Å². The van der Waals surface area contributed by atoms with Gasteiger partial charge in [0.2, 0.25) is 10.0 Å². The summed E-state index contributed by atoms with van der Waals surface area (Å²) in [6.45, 7) is 0.953. The third kappa shape index (κ3) is 3.65. The van der Waals surface area contributed by atoms with Crippen LogP contribution in [0.4, 0.5) is 0 Å². The molecule has 1 N–H and O–H groups in total. The van der Waals surface area contributed by atoms with Crippen molar-refractivity contribution in [3.8, 4) is 0 Å². The molecule has 6 heteroatoms. The number of hydrogen-bond donors (Lipinski definition) is 1. The molecule has 0 aliphatic carbocycles. The van der Waals surface area contributed by atoms with E-state index in [2.05, 4.69) is 0 Å². The first-order valence-corrected chi connectivity index (χ1v) is 7.56. The summed E-state index contributed by atoms with van der Waals surface area (Å²) in [5.74, 6) is -0.765. The van der Waals surface area contributed by atoms with E-state index in [-0.39, 0.29) is 5.75 Å². The number of carbonyl (C=O) groups is 1. The highest BCUT2D eigenvalue weighted by atomic mass is 32.2. The monoisotopic (exact) mass is 281 g/mol. The van der Waals surface area contributed by atoms with Crippen LogP contribution in [0, 0.1) is 0 Å². The Hall–Kier alpha value is -1.66. The van der Waals surface area contributed by atoms with Gasteiger partial charge in [0.25, 0.3) is 0 Å². The van der Waals surface area contributed by atoms with Crippen molar-refractivity contribution in [3.05, 3.63) is 41.5 Å². The van der Waals surface area contributed by atoms with Gasteiger partial charge < -0.3 is 5.11 Å². The van der Waals surface area contributed by atoms with E-state index in [9.17, 15) is 13.2 Å². The van der Waals surface area contributed by atoms with Crippen molar-refractivity contribution >= 4 is 22.1 Å². The molecule has 0 bridgehead atoms. The number of benzene rings is 1. The van der Waals surface area contributed by atoms with Crippen molar-refractivity contribution in [1.82, 2.24) is 4.31 Å².